The molecule has 1 aromatic carbocycles. The summed E-state index contributed by atoms with van der Waals surface area (Å²) in [6, 6.07) is 19.5. The highest BCUT2D eigenvalue weighted by Gasteiger charge is 2.42. The zero-order chi connectivity index (χ0) is 23.8. The Balaban J connectivity index is 1.68. The fraction of sp³-hybridized carbons (Fsp3) is 0.192. The van der Waals surface area contributed by atoms with Gasteiger partial charge >= 0.3 is 0 Å². The van der Waals surface area contributed by atoms with Crippen LogP contribution in [0.4, 0.5) is 5.69 Å². The Hall–Kier alpha value is -3.42. The molecule has 4 aromatic rings. The van der Waals surface area contributed by atoms with Gasteiger partial charge in [-0.05, 0) is 80.2 Å². The van der Waals surface area contributed by atoms with E-state index >= 15 is 0 Å². The zero-order valence-corrected chi connectivity index (χ0v) is 20.6. The quantitative estimate of drug-likeness (QED) is 0.362. The number of nitrogens with zero attached hydrogens (tertiary/aromatic N) is 4. The monoisotopic (exact) mass is 489 g/mol. The van der Waals surface area contributed by atoms with Crippen LogP contribution in [0.15, 0.2) is 73.1 Å². The van der Waals surface area contributed by atoms with Crippen molar-refractivity contribution in [1.29, 1.82) is 0 Å². The number of pyridine rings is 2. The summed E-state index contributed by atoms with van der Waals surface area (Å²) in [5, 5.41) is 4.65. The van der Waals surface area contributed by atoms with E-state index in [1.165, 1.54) is 0 Å². The largest absolute Gasteiger partial charge is 0.495 e. The second kappa shape index (κ2) is 9.08. The van der Waals surface area contributed by atoms with E-state index in [4.69, 9.17) is 28.6 Å². The molecule has 0 amide bonds. The van der Waals surface area contributed by atoms with E-state index < -0.39 is 0 Å². The third-order valence-corrected chi connectivity index (χ3v) is 6.79. The first-order valence-corrected chi connectivity index (χ1v) is 11.7. The van der Waals surface area contributed by atoms with Crippen molar-refractivity contribution in [3.8, 4) is 11.6 Å². The van der Waals surface area contributed by atoms with Gasteiger partial charge in [0, 0.05) is 29.5 Å². The van der Waals surface area contributed by atoms with E-state index in [-0.39, 0.29) is 12.1 Å². The van der Waals surface area contributed by atoms with Crippen LogP contribution in [0, 0.1) is 13.8 Å². The van der Waals surface area contributed by atoms with E-state index in [9.17, 15) is 0 Å². The number of ether oxygens (including phenoxy) is 1. The molecule has 2 unspecified atom stereocenters. The molecule has 0 saturated carbocycles. The van der Waals surface area contributed by atoms with E-state index in [0.29, 0.717) is 15.9 Å². The van der Waals surface area contributed by atoms with Gasteiger partial charge in [0.05, 0.1) is 29.9 Å². The second-order valence-electron chi connectivity index (χ2n) is 8.17. The van der Waals surface area contributed by atoms with Crippen molar-refractivity contribution in [3.05, 3.63) is 101 Å². The van der Waals surface area contributed by atoms with E-state index in [2.05, 4.69) is 44.7 Å². The molecule has 5 rings (SSSR count). The maximum absolute atomic E-state index is 6.50. The molecular weight excluding hydrogens is 466 g/mol. The zero-order valence-electron chi connectivity index (χ0n) is 19.1. The highest BCUT2D eigenvalue weighted by Crippen LogP contribution is 2.44. The molecule has 1 saturated heterocycles. The average molecular weight is 490 g/mol. The van der Waals surface area contributed by atoms with E-state index in [1.54, 1.807) is 13.3 Å². The lowest BCUT2D eigenvalue weighted by Gasteiger charge is -2.28. The Kier molecular flexibility index (Phi) is 5.98. The Morgan fingerprint density at radius 1 is 1.00 bits per heavy atom. The fourth-order valence-electron chi connectivity index (χ4n) is 4.68. The lowest BCUT2D eigenvalue weighted by Crippen LogP contribution is -2.29. The number of benzene rings is 1. The van der Waals surface area contributed by atoms with Gasteiger partial charge in [0.25, 0.3) is 0 Å². The van der Waals surface area contributed by atoms with Gasteiger partial charge in [-0.1, -0.05) is 23.7 Å². The highest BCUT2D eigenvalue weighted by molar-refractivity contribution is 7.80. The van der Waals surface area contributed by atoms with E-state index in [0.717, 1.165) is 34.2 Å². The fourth-order valence-corrected chi connectivity index (χ4v) is 5.28. The molecule has 0 spiro atoms. The molecule has 2 atom stereocenters. The molecule has 34 heavy (non-hydrogen) atoms. The SMILES string of the molecule is COc1ccc(N2C(=S)NC(c3ccccn3)C2c2cc(C)n(-c3ccccn3)c2C)cc1Cl. The van der Waals surface area contributed by atoms with Gasteiger partial charge in [0.1, 0.15) is 11.6 Å². The average Bonchev–Trinajstić information content (AvgIpc) is 3.35. The van der Waals surface area contributed by atoms with Crippen LogP contribution in [0.3, 0.4) is 0 Å². The minimum atomic E-state index is -0.146. The number of methoxy groups -OCH3 is 1. The number of anilines is 1. The Morgan fingerprint density at radius 2 is 1.76 bits per heavy atom. The molecule has 172 valence electrons. The number of hydrogen-bond acceptors (Lipinski definition) is 4. The minimum absolute atomic E-state index is 0.143. The summed E-state index contributed by atoms with van der Waals surface area (Å²) in [4.78, 5) is 11.3. The van der Waals surface area contributed by atoms with Crippen molar-refractivity contribution in [2.24, 2.45) is 0 Å². The minimum Gasteiger partial charge on any atom is -0.495 e. The van der Waals surface area contributed by atoms with Crippen LogP contribution in [0.1, 0.15) is 34.7 Å². The number of aryl methyl sites for hydroxylation is 1. The van der Waals surface area contributed by atoms with Crippen molar-refractivity contribution in [2.75, 3.05) is 12.0 Å². The number of aromatic nitrogens is 3. The van der Waals surface area contributed by atoms with Crippen molar-refractivity contribution >= 4 is 34.6 Å². The lowest BCUT2D eigenvalue weighted by atomic mass is 9.96. The molecule has 0 bridgehead atoms. The molecule has 1 fully saturated rings. The Bertz CT molecular complexity index is 1340. The molecule has 6 nitrogen and oxygen atoms in total. The molecular formula is C26H24ClN5OS. The van der Waals surface area contributed by atoms with Gasteiger partial charge in [-0.25, -0.2) is 4.98 Å². The smallest absolute Gasteiger partial charge is 0.174 e. The van der Waals surface area contributed by atoms with Crippen LogP contribution in [-0.2, 0) is 0 Å². The van der Waals surface area contributed by atoms with Crippen LogP contribution < -0.4 is 15.0 Å². The maximum Gasteiger partial charge on any atom is 0.174 e. The van der Waals surface area contributed by atoms with Crippen molar-refractivity contribution in [2.45, 2.75) is 25.9 Å². The first kappa shape index (κ1) is 22.4. The highest BCUT2D eigenvalue weighted by atomic mass is 35.5. The van der Waals surface area contributed by atoms with Crippen LogP contribution >= 0.6 is 23.8 Å². The number of nitrogens with one attached hydrogen (secondary N) is 1. The van der Waals surface area contributed by atoms with Crippen LogP contribution in [-0.4, -0.2) is 26.8 Å². The summed E-state index contributed by atoms with van der Waals surface area (Å²) in [5.41, 5.74) is 5.13. The van der Waals surface area contributed by atoms with Gasteiger partial charge < -0.3 is 19.5 Å². The summed E-state index contributed by atoms with van der Waals surface area (Å²) < 4.78 is 7.53. The molecule has 3 aromatic heterocycles. The maximum atomic E-state index is 6.50. The topological polar surface area (TPSA) is 55.2 Å². The normalized spacial score (nSPS) is 17.6. The van der Waals surface area contributed by atoms with Gasteiger partial charge in [-0.2, -0.15) is 0 Å². The van der Waals surface area contributed by atoms with Gasteiger partial charge in [0.2, 0.25) is 0 Å². The molecule has 1 N–H and O–H groups in total. The van der Waals surface area contributed by atoms with E-state index in [1.807, 2.05) is 60.8 Å². The number of thiocarbonyl (C=S) groups is 1. The molecule has 0 aliphatic carbocycles. The van der Waals surface area contributed by atoms with Crippen molar-refractivity contribution in [1.82, 2.24) is 19.9 Å². The third-order valence-electron chi connectivity index (χ3n) is 6.18. The molecule has 8 heteroatoms. The van der Waals surface area contributed by atoms with Gasteiger partial charge in [0.15, 0.2) is 5.11 Å². The Morgan fingerprint density at radius 3 is 2.41 bits per heavy atom. The first-order chi connectivity index (χ1) is 16.5. The molecule has 1 aliphatic heterocycles. The second-order valence-corrected chi connectivity index (χ2v) is 8.96. The lowest BCUT2D eigenvalue weighted by molar-refractivity contribution is 0.415. The van der Waals surface area contributed by atoms with Gasteiger partial charge in [-0.3, -0.25) is 4.98 Å². The summed E-state index contributed by atoms with van der Waals surface area (Å²) in [7, 11) is 1.61. The van der Waals surface area contributed by atoms with Crippen molar-refractivity contribution < 1.29 is 4.74 Å². The summed E-state index contributed by atoms with van der Waals surface area (Å²) in [6.07, 6.45) is 3.61. The first-order valence-electron chi connectivity index (χ1n) is 10.9. The molecule has 4 heterocycles. The predicted octanol–water partition coefficient (Wildman–Crippen LogP) is 5.72. The van der Waals surface area contributed by atoms with Gasteiger partial charge in [-0.15, -0.1) is 0 Å². The van der Waals surface area contributed by atoms with Crippen LogP contribution in [0.5, 0.6) is 5.75 Å². The standard InChI is InChI=1S/C26H24ClN5OS/c1-16-14-19(17(2)31(16)23-9-5-7-13-29-23)25-24(21-8-4-6-12-28-21)30-26(34)32(25)18-10-11-22(33-3)20(27)15-18/h4-15,24-25H,1-3H3,(H,30,34). The van der Waals surface area contributed by atoms with Crippen LogP contribution in [0.25, 0.3) is 5.82 Å². The number of halogens is 1. The van der Waals surface area contributed by atoms with Crippen molar-refractivity contribution in [3.63, 3.8) is 0 Å². The predicted molar refractivity (Wildman–Crippen MR) is 139 cm³/mol. The van der Waals surface area contributed by atoms with Crippen LogP contribution in [0.2, 0.25) is 5.02 Å². The summed E-state index contributed by atoms with van der Waals surface area (Å²) in [6.45, 7) is 4.21. The third kappa shape index (κ3) is 3.81. The summed E-state index contributed by atoms with van der Waals surface area (Å²) >= 11 is 12.4. The number of rotatable bonds is 5. The summed E-state index contributed by atoms with van der Waals surface area (Å²) in [5.74, 6) is 1.50. The number of hydrogen-bond donors (Lipinski definition) is 1. The molecule has 1 aliphatic rings. The Labute approximate surface area is 209 Å². The molecule has 0 radical (unpaired) electrons.